The van der Waals surface area contributed by atoms with Crippen LogP contribution in [0.2, 0.25) is 0 Å². The highest BCUT2D eigenvalue weighted by molar-refractivity contribution is 5.76. The molecule has 112 valence electrons. The van der Waals surface area contributed by atoms with Gasteiger partial charge < -0.3 is 14.2 Å². The fourth-order valence-electron chi connectivity index (χ4n) is 1.53. The minimum Gasteiger partial charge on any atom is -0.453 e. The van der Waals surface area contributed by atoms with E-state index in [1.165, 1.54) is 13.8 Å². The number of ether oxygens (including phenoxy) is 3. The fraction of sp³-hybridized carbons (Fsp3) is 0.917. The third-order valence-corrected chi connectivity index (χ3v) is 3.19. The molecule has 1 aliphatic heterocycles. The van der Waals surface area contributed by atoms with Gasteiger partial charge in [0, 0.05) is 18.9 Å². The van der Waals surface area contributed by atoms with E-state index < -0.39 is 17.7 Å². The molecule has 0 aromatic rings. The minimum atomic E-state index is -4.98. The van der Waals surface area contributed by atoms with Crippen LogP contribution < -0.4 is 0 Å². The molecular formula is C12H19F3O4. The lowest BCUT2D eigenvalue weighted by Gasteiger charge is -2.32. The van der Waals surface area contributed by atoms with E-state index in [0.717, 1.165) is 12.8 Å². The Morgan fingerprint density at radius 3 is 2.53 bits per heavy atom. The molecule has 0 radical (unpaired) electrons. The topological polar surface area (TPSA) is 44.8 Å². The Balaban J connectivity index is 2.43. The summed E-state index contributed by atoms with van der Waals surface area (Å²) in [7, 11) is 0. The Bertz CT molecular complexity index is 309. The van der Waals surface area contributed by atoms with Gasteiger partial charge in [-0.15, -0.1) is 0 Å². The van der Waals surface area contributed by atoms with Gasteiger partial charge in [-0.05, 0) is 20.3 Å². The van der Waals surface area contributed by atoms with Gasteiger partial charge in [0.1, 0.15) is 5.60 Å². The molecule has 0 N–H and O–H groups in total. The summed E-state index contributed by atoms with van der Waals surface area (Å²) in [5, 5.41) is 0. The molecule has 7 heteroatoms. The second kappa shape index (κ2) is 6.09. The predicted octanol–water partition coefficient (Wildman–Crippen LogP) is 2.66. The molecule has 4 nitrogen and oxygen atoms in total. The van der Waals surface area contributed by atoms with Crippen molar-refractivity contribution in [1.29, 1.82) is 0 Å². The zero-order valence-corrected chi connectivity index (χ0v) is 11.3. The summed E-state index contributed by atoms with van der Waals surface area (Å²) in [5.74, 6) is -2.57. The number of rotatable bonds is 5. The molecule has 1 fully saturated rings. The van der Waals surface area contributed by atoms with Crippen molar-refractivity contribution in [3.63, 3.8) is 0 Å². The molecule has 1 saturated heterocycles. The average Bonchev–Trinajstić information content (AvgIpc) is 2.76. The molecule has 2 atom stereocenters. The van der Waals surface area contributed by atoms with Crippen LogP contribution in [0.15, 0.2) is 0 Å². The summed E-state index contributed by atoms with van der Waals surface area (Å²) in [6, 6.07) is 0. The molecule has 1 heterocycles. The van der Waals surface area contributed by atoms with Crippen LogP contribution in [-0.4, -0.2) is 37.3 Å². The van der Waals surface area contributed by atoms with Crippen molar-refractivity contribution < 1.29 is 32.2 Å². The van der Waals surface area contributed by atoms with Crippen LogP contribution in [-0.2, 0) is 19.0 Å². The van der Waals surface area contributed by atoms with E-state index in [0.29, 0.717) is 6.61 Å². The van der Waals surface area contributed by atoms with Crippen LogP contribution in [0.25, 0.3) is 0 Å². The first-order valence-electron chi connectivity index (χ1n) is 6.16. The van der Waals surface area contributed by atoms with Crippen LogP contribution in [0, 0.1) is 5.92 Å². The summed E-state index contributed by atoms with van der Waals surface area (Å²) < 4.78 is 51.6. The monoisotopic (exact) mass is 284 g/mol. The first-order valence-corrected chi connectivity index (χ1v) is 6.16. The van der Waals surface area contributed by atoms with Crippen LogP contribution >= 0.6 is 0 Å². The van der Waals surface area contributed by atoms with E-state index >= 15 is 0 Å². The molecule has 0 aliphatic carbocycles. The Hall–Kier alpha value is -0.820. The molecule has 0 aromatic heterocycles. The molecule has 0 bridgehead atoms. The standard InChI is InChI=1S/C12H19F3O4/c1-8(7-18-9-5-4-6-17-9)11(2,3)19-10(16)12(13,14)15/h8-9H,4-7H2,1-3H3/t8-,9?/m0/s1. The van der Waals surface area contributed by atoms with E-state index in [4.69, 9.17) is 9.47 Å². The van der Waals surface area contributed by atoms with Gasteiger partial charge in [-0.3, -0.25) is 0 Å². The van der Waals surface area contributed by atoms with Gasteiger partial charge in [0.05, 0.1) is 6.61 Å². The van der Waals surface area contributed by atoms with Gasteiger partial charge in [-0.25, -0.2) is 4.79 Å². The molecule has 0 spiro atoms. The van der Waals surface area contributed by atoms with Gasteiger partial charge in [-0.2, -0.15) is 13.2 Å². The van der Waals surface area contributed by atoms with Crippen LogP contribution in [0.3, 0.4) is 0 Å². The Morgan fingerprint density at radius 1 is 1.42 bits per heavy atom. The highest BCUT2D eigenvalue weighted by Crippen LogP contribution is 2.27. The number of esters is 1. The summed E-state index contributed by atoms with van der Waals surface area (Å²) in [4.78, 5) is 10.8. The van der Waals surface area contributed by atoms with Crippen molar-refractivity contribution in [2.24, 2.45) is 5.92 Å². The highest BCUT2D eigenvalue weighted by atomic mass is 19.4. The lowest BCUT2D eigenvalue weighted by Crippen LogP contribution is -2.42. The first-order chi connectivity index (χ1) is 8.63. The fourth-order valence-corrected chi connectivity index (χ4v) is 1.53. The predicted molar refractivity (Wildman–Crippen MR) is 60.3 cm³/mol. The second-order valence-electron chi connectivity index (χ2n) is 5.17. The summed E-state index contributed by atoms with van der Waals surface area (Å²) >= 11 is 0. The summed E-state index contributed by atoms with van der Waals surface area (Å²) in [5.41, 5.74) is -1.26. The SMILES string of the molecule is C[C@@H](COC1CCCO1)C(C)(C)OC(=O)C(F)(F)F. The largest absolute Gasteiger partial charge is 0.490 e. The number of hydrogen-bond acceptors (Lipinski definition) is 4. The van der Waals surface area contributed by atoms with Crippen molar-refractivity contribution in [1.82, 2.24) is 0 Å². The maximum Gasteiger partial charge on any atom is 0.490 e. The molecule has 0 saturated carbocycles. The van der Waals surface area contributed by atoms with E-state index in [1.807, 2.05) is 0 Å². The quantitative estimate of drug-likeness (QED) is 0.728. The van der Waals surface area contributed by atoms with Crippen molar-refractivity contribution in [3.05, 3.63) is 0 Å². The van der Waals surface area contributed by atoms with E-state index in [9.17, 15) is 18.0 Å². The molecule has 0 aromatic carbocycles. The van der Waals surface area contributed by atoms with E-state index in [1.54, 1.807) is 6.92 Å². The molecule has 1 aliphatic rings. The van der Waals surface area contributed by atoms with Gasteiger partial charge in [-0.1, -0.05) is 6.92 Å². The molecular weight excluding hydrogens is 265 g/mol. The lowest BCUT2D eigenvalue weighted by molar-refractivity contribution is -0.218. The van der Waals surface area contributed by atoms with E-state index in [-0.39, 0.29) is 18.8 Å². The number of carbonyl (C=O) groups excluding carboxylic acids is 1. The second-order valence-corrected chi connectivity index (χ2v) is 5.17. The van der Waals surface area contributed by atoms with Crippen LogP contribution in [0.4, 0.5) is 13.2 Å². The van der Waals surface area contributed by atoms with Gasteiger partial charge in [0.2, 0.25) is 0 Å². The van der Waals surface area contributed by atoms with Crippen LogP contribution in [0.5, 0.6) is 0 Å². The van der Waals surface area contributed by atoms with Crippen LogP contribution in [0.1, 0.15) is 33.6 Å². The van der Waals surface area contributed by atoms with Gasteiger partial charge in [0.25, 0.3) is 0 Å². The summed E-state index contributed by atoms with van der Waals surface area (Å²) in [6.07, 6.45) is -3.61. The normalized spacial score (nSPS) is 22.3. The Kier molecular flexibility index (Phi) is 5.20. The van der Waals surface area contributed by atoms with Gasteiger partial charge >= 0.3 is 12.1 Å². The number of carbonyl (C=O) groups is 1. The smallest absolute Gasteiger partial charge is 0.453 e. The molecule has 1 rings (SSSR count). The number of halogens is 3. The average molecular weight is 284 g/mol. The Morgan fingerprint density at radius 2 is 2.05 bits per heavy atom. The zero-order valence-electron chi connectivity index (χ0n) is 11.3. The highest BCUT2D eigenvalue weighted by Gasteiger charge is 2.45. The molecule has 19 heavy (non-hydrogen) atoms. The first kappa shape index (κ1) is 16.2. The maximum atomic E-state index is 12.1. The number of hydrogen-bond donors (Lipinski definition) is 0. The van der Waals surface area contributed by atoms with Crippen molar-refractivity contribution in [3.8, 4) is 0 Å². The third-order valence-electron chi connectivity index (χ3n) is 3.19. The lowest BCUT2D eigenvalue weighted by atomic mass is 9.93. The Labute approximate surface area is 110 Å². The maximum absolute atomic E-state index is 12.1. The van der Waals surface area contributed by atoms with Gasteiger partial charge in [0.15, 0.2) is 6.29 Å². The summed E-state index contributed by atoms with van der Waals surface area (Å²) in [6.45, 7) is 5.33. The molecule has 0 amide bonds. The van der Waals surface area contributed by atoms with E-state index in [2.05, 4.69) is 4.74 Å². The zero-order chi connectivity index (χ0) is 14.7. The number of alkyl halides is 3. The minimum absolute atomic E-state index is 0.169. The molecule has 1 unspecified atom stereocenters. The third kappa shape index (κ3) is 4.99. The van der Waals surface area contributed by atoms with Crippen molar-refractivity contribution in [2.45, 2.75) is 51.7 Å². The van der Waals surface area contributed by atoms with Crippen molar-refractivity contribution >= 4 is 5.97 Å². The van der Waals surface area contributed by atoms with Crippen molar-refractivity contribution in [2.75, 3.05) is 13.2 Å².